The zero-order valence-electron chi connectivity index (χ0n) is 12.1. The highest BCUT2D eigenvalue weighted by molar-refractivity contribution is 6.28. The van der Waals surface area contributed by atoms with E-state index >= 15 is 0 Å². The van der Waals surface area contributed by atoms with E-state index in [1.165, 1.54) is 0 Å². The van der Waals surface area contributed by atoms with Crippen molar-refractivity contribution in [1.82, 2.24) is 19.7 Å². The van der Waals surface area contributed by atoms with Gasteiger partial charge in [0.2, 0.25) is 5.28 Å². The summed E-state index contributed by atoms with van der Waals surface area (Å²) >= 11 is 6.06. The van der Waals surface area contributed by atoms with Crippen LogP contribution < -0.4 is 5.32 Å². The Hall–Kier alpha value is -2.14. The summed E-state index contributed by atoms with van der Waals surface area (Å²) in [4.78, 5) is 8.60. The average Bonchev–Trinajstić information content (AvgIpc) is 2.82. The molecule has 0 aliphatic heterocycles. The Morgan fingerprint density at radius 2 is 1.95 bits per heavy atom. The number of para-hydroxylation sites is 1. The third-order valence-electron chi connectivity index (χ3n) is 3.17. The lowest BCUT2D eigenvalue weighted by molar-refractivity contribution is 0.882. The van der Waals surface area contributed by atoms with E-state index in [9.17, 15) is 0 Å². The maximum atomic E-state index is 6.06. The molecule has 0 spiro atoms. The second-order valence-corrected chi connectivity index (χ2v) is 5.56. The van der Waals surface area contributed by atoms with E-state index in [1.807, 2.05) is 45.0 Å². The Morgan fingerprint density at radius 1 is 1.19 bits per heavy atom. The van der Waals surface area contributed by atoms with Gasteiger partial charge in [0.05, 0.1) is 17.3 Å². The van der Waals surface area contributed by atoms with Crippen molar-refractivity contribution in [1.29, 1.82) is 0 Å². The molecule has 0 radical (unpaired) electrons. The average molecular weight is 302 g/mol. The second kappa shape index (κ2) is 5.33. The van der Waals surface area contributed by atoms with E-state index in [0.717, 1.165) is 16.6 Å². The van der Waals surface area contributed by atoms with Gasteiger partial charge in [0.25, 0.3) is 0 Å². The quantitative estimate of drug-likeness (QED) is 0.751. The van der Waals surface area contributed by atoms with Gasteiger partial charge in [-0.3, -0.25) is 0 Å². The number of nitrogens with zero attached hydrogens (tertiary/aromatic N) is 4. The van der Waals surface area contributed by atoms with Crippen LogP contribution in [0.1, 0.15) is 19.4 Å². The number of hydrogen-bond donors (Lipinski definition) is 1. The lowest BCUT2D eigenvalue weighted by atomic mass is 10.2. The molecule has 0 aliphatic carbocycles. The summed E-state index contributed by atoms with van der Waals surface area (Å²) in [5, 5.41) is 8.80. The van der Waals surface area contributed by atoms with Crippen LogP contribution in [0.3, 0.4) is 0 Å². The van der Waals surface area contributed by atoms with Crippen molar-refractivity contribution in [2.45, 2.75) is 26.8 Å². The topological polar surface area (TPSA) is 55.6 Å². The number of rotatable bonds is 3. The third kappa shape index (κ3) is 2.56. The molecule has 2 heterocycles. The standard InChI is InChI=1S/C15H16ClN5/c1-9(2)18-13-11-8-17-21(14(11)20-15(16)19-13)12-7-5-4-6-10(12)3/h4-9H,1-3H3,(H,18,19,20). The van der Waals surface area contributed by atoms with Gasteiger partial charge in [0.15, 0.2) is 5.65 Å². The molecule has 0 bridgehead atoms. The predicted octanol–water partition coefficient (Wildman–Crippen LogP) is 3.60. The van der Waals surface area contributed by atoms with E-state index < -0.39 is 0 Å². The lowest BCUT2D eigenvalue weighted by Crippen LogP contribution is -2.12. The smallest absolute Gasteiger partial charge is 0.226 e. The highest BCUT2D eigenvalue weighted by Crippen LogP contribution is 2.25. The van der Waals surface area contributed by atoms with Gasteiger partial charge in [0.1, 0.15) is 5.82 Å². The summed E-state index contributed by atoms with van der Waals surface area (Å²) in [6.07, 6.45) is 1.77. The van der Waals surface area contributed by atoms with Crippen molar-refractivity contribution < 1.29 is 0 Å². The van der Waals surface area contributed by atoms with Crippen LogP contribution in [-0.4, -0.2) is 25.8 Å². The molecule has 2 aromatic heterocycles. The van der Waals surface area contributed by atoms with Crippen LogP contribution in [-0.2, 0) is 0 Å². The molecular formula is C15H16ClN5. The van der Waals surface area contributed by atoms with Crippen LogP contribution in [0.25, 0.3) is 16.7 Å². The van der Waals surface area contributed by atoms with Crippen molar-refractivity contribution in [3.8, 4) is 5.69 Å². The van der Waals surface area contributed by atoms with Crippen LogP contribution in [0.2, 0.25) is 5.28 Å². The Kier molecular flexibility index (Phi) is 3.51. The number of aryl methyl sites for hydroxylation is 1. The fraction of sp³-hybridized carbons (Fsp3) is 0.267. The minimum absolute atomic E-state index is 0.209. The largest absolute Gasteiger partial charge is 0.367 e. The maximum absolute atomic E-state index is 6.06. The first-order valence-corrected chi connectivity index (χ1v) is 7.18. The normalized spacial score (nSPS) is 11.3. The fourth-order valence-electron chi connectivity index (χ4n) is 2.24. The fourth-order valence-corrected chi connectivity index (χ4v) is 2.41. The van der Waals surface area contributed by atoms with Crippen LogP contribution in [0, 0.1) is 6.92 Å². The number of nitrogens with one attached hydrogen (secondary N) is 1. The summed E-state index contributed by atoms with van der Waals surface area (Å²) in [6, 6.07) is 8.28. The molecule has 108 valence electrons. The number of benzene rings is 1. The SMILES string of the molecule is Cc1ccccc1-n1ncc2c(NC(C)C)nc(Cl)nc21. The highest BCUT2D eigenvalue weighted by atomic mass is 35.5. The zero-order valence-corrected chi connectivity index (χ0v) is 12.9. The Balaban J connectivity index is 2.23. The predicted molar refractivity (Wildman–Crippen MR) is 85.2 cm³/mol. The maximum Gasteiger partial charge on any atom is 0.226 e. The van der Waals surface area contributed by atoms with Crippen molar-refractivity contribution in [2.75, 3.05) is 5.32 Å². The van der Waals surface area contributed by atoms with E-state index in [-0.39, 0.29) is 11.3 Å². The minimum Gasteiger partial charge on any atom is -0.367 e. The molecule has 0 fully saturated rings. The molecule has 0 atom stereocenters. The summed E-state index contributed by atoms with van der Waals surface area (Å²) in [6.45, 7) is 6.14. The van der Waals surface area contributed by atoms with E-state index in [0.29, 0.717) is 11.5 Å². The number of hydrogen-bond acceptors (Lipinski definition) is 4. The molecular weight excluding hydrogens is 286 g/mol. The summed E-state index contributed by atoms with van der Waals surface area (Å²) in [5.74, 6) is 0.708. The van der Waals surface area contributed by atoms with Gasteiger partial charge in [-0.1, -0.05) is 18.2 Å². The van der Waals surface area contributed by atoms with E-state index in [1.54, 1.807) is 10.9 Å². The van der Waals surface area contributed by atoms with Gasteiger partial charge in [-0.25, -0.2) is 4.68 Å². The van der Waals surface area contributed by atoms with Crippen molar-refractivity contribution in [2.24, 2.45) is 0 Å². The summed E-state index contributed by atoms with van der Waals surface area (Å²) < 4.78 is 1.80. The molecule has 6 heteroatoms. The Labute approximate surface area is 128 Å². The van der Waals surface area contributed by atoms with Crippen LogP contribution in [0.4, 0.5) is 5.82 Å². The first-order valence-electron chi connectivity index (χ1n) is 6.80. The number of anilines is 1. The molecule has 1 N–H and O–H groups in total. The van der Waals surface area contributed by atoms with E-state index in [2.05, 4.69) is 20.4 Å². The van der Waals surface area contributed by atoms with Gasteiger partial charge in [0, 0.05) is 6.04 Å². The van der Waals surface area contributed by atoms with Crippen LogP contribution >= 0.6 is 11.6 Å². The Morgan fingerprint density at radius 3 is 2.67 bits per heavy atom. The molecule has 0 saturated heterocycles. The molecule has 21 heavy (non-hydrogen) atoms. The molecule has 1 aromatic carbocycles. The molecule has 0 saturated carbocycles. The van der Waals surface area contributed by atoms with Gasteiger partial charge < -0.3 is 5.32 Å². The van der Waals surface area contributed by atoms with Crippen LogP contribution in [0.5, 0.6) is 0 Å². The number of aromatic nitrogens is 4. The van der Waals surface area contributed by atoms with Gasteiger partial charge in [-0.05, 0) is 44.0 Å². The van der Waals surface area contributed by atoms with Crippen LogP contribution in [0.15, 0.2) is 30.5 Å². The summed E-state index contributed by atoms with van der Waals surface area (Å²) in [7, 11) is 0. The van der Waals surface area contributed by atoms with E-state index in [4.69, 9.17) is 11.6 Å². The van der Waals surface area contributed by atoms with Gasteiger partial charge in [-0.15, -0.1) is 0 Å². The molecule has 0 amide bonds. The van der Waals surface area contributed by atoms with Crippen molar-refractivity contribution >= 4 is 28.5 Å². The zero-order chi connectivity index (χ0) is 15.0. The third-order valence-corrected chi connectivity index (χ3v) is 3.34. The number of halogens is 1. The molecule has 3 aromatic rings. The minimum atomic E-state index is 0.209. The van der Waals surface area contributed by atoms with Gasteiger partial charge in [-0.2, -0.15) is 15.1 Å². The summed E-state index contributed by atoms with van der Waals surface area (Å²) in [5.41, 5.74) is 2.81. The molecule has 3 rings (SSSR count). The van der Waals surface area contributed by atoms with Gasteiger partial charge >= 0.3 is 0 Å². The highest BCUT2D eigenvalue weighted by Gasteiger charge is 2.14. The Bertz CT molecular complexity index is 794. The lowest BCUT2D eigenvalue weighted by Gasteiger charge is -2.11. The van der Waals surface area contributed by atoms with Crippen molar-refractivity contribution in [3.63, 3.8) is 0 Å². The second-order valence-electron chi connectivity index (χ2n) is 5.22. The molecule has 0 aliphatic rings. The first-order chi connectivity index (χ1) is 10.1. The van der Waals surface area contributed by atoms with Crippen molar-refractivity contribution in [3.05, 3.63) is 41.3 Å². The molecule has 5 nitrogen and oxygen atoms in total. The number of fused-ring (bicyclic) bond motifs is 1. The molecule has 0 unspecified atom stereocenters. The first kappa shape index (κ1) is 13.8. The monoisotopic (exact) mass is 301 g/mol.